The predicted octanol–water partition coefficient (Wildman–Crippen LogP) is 4.13. The van der Waals surface area contributed by atoms with Crippen molar-refractivity contribution in [3.63, 3.8) is 0 Å². The molecule has 122 valence electrons. The fraction of sp³-hybridized carbons (Fsp3) is 0.111. The van der Waals surface area contributed by atoms with Crippen LogP contribution in [0.15, 0.2) is 30.3 Å². The lowest BCUT2D eigenvalue weighted by Gasteiger charge is -2.10. The second-order valence-corrected chi connectivity index (χ2v) is 5.54. The maximum absolute atomic E-state index is 11.6. The minimum Gasteiger partial charge on any atom is -0.496 e. The highest BCUT2D eigenvalue weighted by molar-refractivity contribution is 6.30. The largest absolute Gasteiger partial charge is 0.496 e. The molecule has 0 amide bonds. The van der Waals surface area contributed by atoms with Crippen molar-refractivity contribution >= 4 is 35.1 Å². The molecule has 0 saturated heterocycles. The van der Waals surface area contributed by atoms with Gasteiger partial charge in [0.15, 0.2) is 12.6 Å². The number of carbonyl (C=O) groups is 2. The van der Waals surface area contributed by atoms with E-state index >= 15 is 0 Å². The molecule has 3 rings (SSSR count). The molecule has 24 heavy (non-hydrogen) atoms. The minimum atomic E-state index is 0.330. The Morgan fingerprint density at radius 3 is 2.21 bits per heavy atom. The monoisotopic (exact) mass is 343 g/mol. The first-order chi connectivity index (χ1) is 11.6. The van der Waals surface area contributed by atoms with Crippen molar-refractivity contribution in [2.24, 2.45) is 0 Å². The number of methoxy groups -OCH3 is 2. The molecule has 0 fully saturated rings. The molecule has 0 aliphatic carbocycles. The fourth-order valence-electron chi connectivity index (χ4n) is 2.81. The van der Waals surface area contributed by atoms with Gasteiger partial charge in [-0.3, -0.25) is 9.59 Å². The zero-order valence-corrected chi connectivity index (χ0v) is 13.8. The number of fused-ring (bicyclic) bond motifs is 1. The third kappa shape index (κ3) is 2.43. The third-order valence-corrected chi connectivity index (χ3v) is 4.13. The second kappa shape index (κ2) is 6.37. The highest BCUT2D eigenvalue weighted by Crippen LogP contribution is 2.42. The number of hydrogen-bond acceptors (Lipinski definition) is 4. The highest BCUT2D eigenvalue weighted by atomic mass is 35.5. The van der Waals surface area contributed by atoms with Gasteiger partial charge in [-0.2, -0.15) is 0 Å². The van der Waals surface area contributed by atoms with Crippen molar-refractivity contribution in [2.75, 3.05) is 14.2 Å². The molecular weight excluding hydrogens is 330 g/mol. The summed E-state index contributed by atoms with van der Waals surface area (Å²) in [5.74, 6) is 0.873. The van der Waals surface area contributed by atoms with Crippen molar-refractivity contribution in [3.05, 3.63) is 46.6 Å². The minimum absolute atomic E-state index is 0.330. The molecule has 0 aliphatic heterocycles. The lowest BCUT2D eigenvalue weighted by molar-refractivity contribution is 0.111. The number of nitrogens with one attached hydrogen (secondary N) is 1. The van der Waals surface area contributed by atoms with Gasteiger partial charge >= 0.3 is 0 Å². The van der Waals surface area contributed by atoms with Gasteiger partial charge < -0.3 is 14.5 Å². The van der Waals surface area contributed by atoms with Crippen LogP contribution in [0.3, 0.4) is 0 Å². The molecule has 6 heteroatoms. The van der Waals surface area contributed by atoms with Crippen LogP contribution in [-0.2, 0) is 0 Å². The molecule has 0 spiro atoms. The molecule has 0 aliphatic rings. The zero-order chi connectivity index (χ0) is 17.3. The number of rotatable bonds is 5. The predicted molar refractivity (Wildman–Crippen MR) is 92.6 cm³/mol. The van der Waals surface area contributed by atoms with Gasteiger partial charge in [0.2, 0.25) is 0 Å². The molecule has 0 bridgehead atoms. The van der Waals surface area contributed by atoms with Crippen molar-refractivity contribution in [3.8, 4) is 22.6 Å². The Morgan fingerprint density at radius 2 is 1.67 bits per heavy atom. The Bertz CT molecular complexity index is 929. The average Bonchev–Trinajstić information content (AvgIpc) is 3.00. The van der Waals surface area contributed by atoms with E-state index < -0.39 is 0 Å². The molecule has 1 heterocycles. The van der Waals surface area contributed by atoms with Gasteiger partial charge in [-0.1, -0.05) is 23.7 Å². The van der Waals surface area contributed by atoms with Crippen molar-refractivity contribution in [1.82, 2.24) is 4.98 Å². The number of H-pyrrole nitrogens is 1. The molecule has 0 radical (unpaired) electrons. The van der Waals surface area contributed by atoms with E-state index in [0.717, 1.165) is 5.56 Å². The quantitative estimate of drug-likeness (QED) is 0.707. The first-order valence-corrected chi connectivity index (χ1v) is 7.49. The summed E-state index contributed by atoms with van der Waals surface area (Å²) in [7, 11) is 2.99. The van der Waals surface area contributed by atoms with Gasteiger partial charge in [0, 0.05) is 16.7 Å². The van der Waals surface area contributed by atoms with E-state index in [1.54, 1.807) is 18.2 Å². The Morgan fingerprint density at radius 1 is 1.00 bits per heavy atom. The van der Waals surface area contributed by atoms with Crippen molar-refractivity contribution in [1.29, 1.82) is 0 Å². The maximum Gasteiger partial charge on any atom is 0.166 e. The van der Waals surface area contributed by atoms with E-state index in [1.807, 2.05) is 12.1 Å². The third-order valence-electron chi connectivity index (χ3n) is 3.88. The number of hydrogen-bond donors (Lipinski definition) is 1. The second-order valence-electron chi connectivity index (χ2n) is 5.10. The molecule has 1 N–H and O–H groups in total. The van der Waals surface area contributed by atoms with E-state index in [9.17, 15) is 9.59 Å². The van der Waals surface area contributed by atoms with Crippen LogP contribution < -0.4 is 9.47 Å². The van der Waals surface area contributed by atoms with Crippen LogP contribution in [0.1, 0.15) is 20.8 Å². The van der Waals surface area contributed by atoms with Crippen LogP contribution in [0.25, 0.3) is 22.0 Å². The van der Waals surface area contributed by atoms with Crippen LogP contribution >= 0.6 is 11.6 Å². The molecular formula is C18H14ClNO4. The first-order valence-electron chi connectivity index (χ1n) is 7.11. The molecule has 2 aromatic carbocycles. The summed E-state index contributed by atoms with van der Waals surface area (Å²) in [5, 5.41) is 1.23. The number of ether oxygens (including phenoxy) is 2. The van der Waals surface area contributed by atoms with Gasteiger partial charge in [0.25, 0.3) is 0 Å². The molecule has 0 atom stereocenters. The lowest BCUT2D eigenvalue weighted by atomic mass is 9.99. The normalized spacial score (nSPS) is 10.6. The van der Waals surface area contributed by atoms with E-state index in [-0.39, 0.29) is 0 Å². The molecule has 3 aromatic rings. The average molecular weight is 344 g/mol. The molecule has 0 unspecified atom stereocenters. The van der Waals surface area contributed by atoms with Crippen LogP contribution in [0.4, 0.5) is 0 Å². The summed E-state index contributed by atoms with van der Waals surface area (Å²) in [6, 6.07) is 8.72. The molecule has 5 nitrogen and oxygen atoms in total. The van der Waals surface area contributed by atoms with Gasteiger partial charge in [-0.25, -0.2) is 0 Å². The van der Waals surface area contributed by atoms with Crippen molar-refractivity contribution < 1.29 is 19.1 Å². The number of halogens is 1. The van der Waals surface area contributed by atoms with Crippen LogP contribution in [0.2, 0.25) is 5.02 Å². The van der Waals surface area contributed by atoms with Gasteiger partial charge in [0.1, 0.15) is 11.5 Å². The standard InChI is InChI=1S/C18H14ClNO4/c1-23-14-7-15(24-2)17-16(10-3-5-11(19)6-4-10)13(9-22)20-18(17)12(14)8-21/h3-9,20H,1-2H3. The molecule has 1 aromatic heterocycles. The first kappa shape index (κ1) is 16.1. The van der Waals surface area contributed by atoms with Crippen LogP contribution in [0.5, 0.6) is 11.5 Å². The van der Waals surface area contributed by atoms with Crippen LogP contribution in [-0.4, -0.2) is 31.8 Å². The summed E-state index contributed by atoms with van der Waals surface area (Å²) in [6.07, 6.45) is 1.40. The number of aldehydes is 2. The van der Waals surface area contributed by atoms with Gasteiger partial charge in [-0.05, 0) is 17.7 Å². The lowest BCUT2D eigenvalue weighted by Crippen LogP contribution is -1.95. The summed E-state index contributed by atoms with van der Waals surface area (Å²) < 4.78 is 10.7. The summed E-state index contributed by atoms with van der Waals surface area (Å²) in [5.41, 5.74) is 2.61. The Balaban J connectivity index is 2.46. The Labute approximate surface area is 143 Å². The van der Waals surface area contributed by atoms with Crippen LogP contribution in [0, 0.1) is 0 Å². The van der Waals surface area contributed by atoms with E-state index in [1.165, 1.54) is 14.2 Å². The number of benzene rings is 2. The topological polar surface area (TPSA) is 68.4 Å². The van der Waals surface area contributed by atoms with Crippen molar-refractivity contribution in [2.45, 2.75) is 0 Å². The summed E-state index contributed by atoms with van der Waals surface area (Å²) >= 11 is 5.95. The fourth-order valence-corrected chi connectivity index (χ4v) is 2.94. The van der Waals surface area contributed by atoms with Gasteiger partial charge in [0.05, 0.1) is 36.4 Å². The summed E-state index contributed by atoms with van der Waals surface area (Å²) in [4.78, 5) is 26.1. The zero-order valence-electron chi connectivity index (χ0n) is 13.1. The Kier molecular flexibility index (Phi) is 4.27. The number of carbonyl (C=O) groups excluding carboxylic acids is 2. The number of aromatic nitrogens is 1. The maximum atomic E-state index is 11.6. The Hall–Kier alpha value is -2.79. The van der Waals surface area contributed by atoms with E-state index in [4.69, 9.17) is 21.1 Å². The van der Waals surface area contributed by atoms with E-state index in [0.29, 0.717) is 56.8 Å². The highest BCUT2D eigenvalue weighted by Gasteiger charge is 2.22. The smallest absolute Gasteiger partial charge is 0.166 e. The molecule has 0 saturated carbocycles. The SMILES string of the molecule is COc1cc(OC)c2c(-c3ccc(Cl)cc3)c(C=O)[nH]c2c1C=O. The van der Waals surface area contributed by atoms with E-state index in [2.05, 4.69) is 4.98 Å². The van der Waals surface area contributed by atoms with Gasteiger partial charge in [-0.15, -0.1) is 0 Å². The number of aromatic amines is 1. The summed E-state index contributed by atoms with van der Waals surface area (Å²) in [6.45, 7) is 0.